The molecular weight excluding hydrogens is 260 g/mol. The Morgan fingerprint density at radius 2 is 2.30 bits per heavy atom. The van der Waals surface area contributed by atoms with Crippen LogP contribution in [0.15, 0.2) is 18.2 Å². The molecule has 110 valence electrons. The highest BCUT2D eigenvalue weighted by atomic mass is 16.6. The van der Waals surface area contributed by atoms with E-state index in [0.717, 1.165) is 13.0 Å². The lowest BCUT2D eigenvalue weighted by Gasteiger charge is -2.24. The molecule has 1 aromatic rings. The number of ether oxygens (including phenoxy) is 1. The number of nitro groups is 1. The van der Waals surface area contributed by atoms with Crippen molar-refractivity contribution in [1.29, 1.82) is 0 Å². The molecule has 1 unspecified atom stereocenters. The Kier molecular flexibility index (Phi) is 4.57. The van der Waals surface area contributed by atoms with E-state index in [0.29, 0.717) is 24.4 Å². The number of hydrogen-bond acceptors (Lipinski definition) is 5. The van der Waals surface area contributed by atoms with Crippen LogP contribution >= 0.6 is 0 Å². The highest BCUT2D eigenvalue weighted by Crippen LogP contribution is 2.32. The first kappa shape index (κ1) is 14.7. The summed E-state index contributed by atoms with van der Waals surface area (Å²) < 4.78 is 5.57. The van der Waals surface area contributed by atoms with Crippen LogP contribution in [0.5, 0.6) is 0 Å². The average Bonchev–Trinajstić information content (AvgIpc) is 2.62. The Hall–Kier alpha value is -1.66. The Labute approximate surface area is 118 Å². The zero-order valence-electron chi connectivity index (χ0n) is 11.8. The third-order valence-corrected chi connectivity index (χ3v) is 3.47. The lowest BCUT2D eigenvalue weighted by molar-refractivity contribution is -0.384. The highest BCUT2D eigenvalue weighted by molar-refractivity contribution is 5.64. The summed E-state index contributed by atoms with van der Waals surface area (Å²) in [6.45, 7) is 5.61. The van der Waals surface area contributed by atoms with E-state index in [1.165, 1.54) is 6.07 Å². The molecule has 0 spiro atoms. The second-order valence-electron chi connectivity index (χ2n) is 5.16. The molecule has 1 aliphatic heterocycles. The van der Waals surface area contributed by atoms with Crippen LogP contribution < -0.4 is 4.90 Å². The molecule has 0 aromatic heterocycles. The third-order valence-electron chi connectivity index (χ3n) is 3.47. The maximum Gasteiger partial charge on any atom is 0.292 e. The molecule has 0 saturated carbocycles. The van der Waals surface area contributed by atoms with Crippen molar-refractivity contribution in [3.8, 4) is 0 Å². The second-order valence-corrected chi connectivity index (χ2v) is 5.16. The summed E-state index contributed by atoms with van der Waals surface area (Å²) >= 11 is 0. The number of nitro benzene ring substituents is 1. The van der Waals surface area contributed by atoms with Gasteiger partial charge in [0.25, 0.3) is 5.69 Å². The van der Waals surface area contributed by atoms with Crippen LogP contribution in [0.3, 0.4) is 0 Å². The van der Waals surface area contributed by atoms with Gasteiger partial charge >= 0.3 is 0 Å². The van der Waals surface area contributed by atoms with Gasteiger partial charge in [-0.3, -0.25) is 10.1 Å². The first-order valence-electron chi connectivity index (χ1n) is 6.82. The number of aliphatic hydroxyl groups is 1. The van der Waals surface area contributed by atoms with Crippen molar-refractivity contribution >= 4 is 11.4 Å². The van der Waals surface area contributed by atoms with Crippen molar-refractivity contribution in [1.82, 2.24) is 0 Å². The average molecular weight is 280 g/mol. The Bertz CT molecular complexity index is 490. The van der Waals surface area contributed by atoms with Crippen molar-refractivity contribution in [2.24, 2.45) is 0 Å². The molecule has 1 saturated heterocycles. The molecule has 1 fully saturated rings. The largest absolute Gasteiger partial charge is 0.389 e. The molecule has 0 aliphatic carbocycles. The van der Waals surface area contributed by atoms with Crippen LogP contribution in [0.4, 0.5) is 11.4 Å². The van der Waals surface area contributed by atoms with E-state index in [9.17, 15) is 15.2 Å². The summed E-state index contributed by atoms with van der Waals surface area (Å²) in [5.41, 5.74) is 1.19. The van der Waals surface area contributed by atoms with Crippen LogP contribution in [-0.2, 0) is 4.74 Å². The molecule has 0 radical (unpaired) electrons. The number of anilines is 1. The fourth-order valence-electron chi connectivity index (χ4n) is 2.43. The first-order valence-corrected chi connectivity index (χ1v) is 6.82. The Morgan fingerprint density at radius 1 is 1.55 bits per heavy atom. The molecule has 6 heteroatoms. The fraction of sp³-hybridized carbons (Fsp3) is 0.571. The lowest BCUT2D eigenvalue weighted by Crippen LogP contribution is -2.30. The number of aliphatic hydroxyl groups excluding tert-OH is 1. The summed E-state index contributed by atoms with van der Waals surface area (Å²) in [4.78, 5) is 12.9. The van der Waals surface area contributed by atoms with Crippen molar-refractivity contribution in [2.45, 2.75) is 32.5 Å². The van der Waals surface area contributed by atoms with E-state index in [2.05, 4.69) is 0 Å². The molecule has 1 aliphatic rings. The molecule has 20 heavy (non-hydrogen) atoms. The first-order chi connectivity index (χ1) is 9.49. The molecule has 1 N–H and O–H groups in total. The minimum absolute atomic E-state index is 0.0394. The molecule has 6 nitrogen and oxygen atoms in total. The van der Waals surface area contributed by atoms with Crippen LogP contribution in [-0.4, -0.2) is 35.8 Å². The number of benzene rings is 1. The normalized spacial score (nSPS) is 21.4. The standard InChI is InChI=1S/C14H20N2O4/c1-10-9-15(6-3-7-20-10)13-5-4-12(11(2)17)8-14(13)16(18)19/h4-5,8,10-11,17H,3,6-7,9H2,1-2H3/t10?,11-/m1/s1. The lowest BCUT2D eigenvalue weighted by atomic mass is 10.1. The quantitative estimate of drug-likeness (QED) is 0.679. The van der Waals surface area contributed by atoms with E-state index >= 15 is 0 Å². The van der Waals surface area contributed by atoms with E-state index in [4.69, 9.17) is 4.74 Å². The summed E-state index contributed by atoms with van der Waals surface area (Å²) in [6, 6.07) is 4.91. The molecular formula is C14H20N2O4. The van der Waals surface area contributed by atoms with Gasteiger partial charge in [-0.1, -0.05) is 6.07 Å². The number of rotatable bonds is 3. The van der Waals surface area contributed by atoms with Gasteiger partial charge in [0.05, 0.1) is 17.1 Å². The maximum atomic E-state index is 11.3. The maximum absolute atomic E-state index is 11.3. The fourth-order valence-corrected chi connectivity index (χ4v) is 2.43. The van der Waals surface area contributed by atoms with E-state index < -0.39 is 11.0 Å². The van der Waals surface area contributed by atoms with Gasteiger partial charge in [0.15, 0.2) is 0 Å². The predicted molar refractivity (Wildman–Crippen MR) is 76.0 cm³/mol. The molecule has 1 heterocycles. The zero-order chi connectivity index (χ0) is 14.7. The zero-order valence-corrected chi connectivity index (χ0v) is 11.8. The predicted octanol–water partition coefficient (Wildman–Crippen LogP) is 2.26. The summed E-state index contributed by atoms with van der Waals surface area (Å²) in [7, 11) is 0. The van der Waals surface area contributed by atoms with E-state index in [1.807, 2.05) is 11.8 Å². The van der Waals surface area contributed by atoms with Crippen LogP contribution in [0, 0.1) is 10.1 Å². The Balaban J connectivity index is 2.36. The monoisotopic (exact) mass is 280 g/mol. The number of nitrogens with zero attached hydrogens (tertiary/aromatic N) is 2. The Morgan fingerprint density at radius 3 is 2.95 bits per heavy atom. The number of hydrogen-bond donors (Lipinski definition) is 1. The SMILES string of the molecule is CC1CN(c2ccc([C@@H](C)O)cc2[N+](=O)[O-])CCCO1. The van der Waals surface area contributed by atoms with Gasteiger partial charge in [-0.05, 0) is 31.9 Å². The molecule has 2 rings (SSSR count). The highest BCUT2D eigenvalue weighted by Gasteiger charge is 2.23. The van der Waals surface area contributed by atoms with Crippen LogP contribution in [0.2, 0.25) is 0 Å². The van der Waals surface area contributed by atoms with Gasteiger partial charge in [-0.15, -0.1) is 0 Å². The summed E-state index contributed by atoms with van der Waals surface area (Å²) in [6.07, 6.45) is 0.183. The smallest absolute Gasteiger partial charge is 0.292 e. The van der Waals surface area contributed by atoms with Crippen LogP contribution in [0.1, 0.15) is 31.9 Å². The molecule has 0 amide bonds. The topological polar surface area (TPSA) is 75.8 Å². The van der Waals surface area contributed by atoms with E-state index in [-0.39, 0.29) is 11.8 Å². The van der Waals surface area contributed by atoms with Crippen molar-refractivity contribution in [3.05, 3.63) is 33.9 Å². The van der Waals surface area contributed by atoms with Gasteiger partial charge < -0.3 is 14.7 Å². The van der Waals surface area contributed by atoms with Crippen molar-refractivity contribution in [3.63, 3.8) is 0 Å². The molecule has 1 aromatic carbocycles. The minimum Gasteiger partial charge on any atom is -0.389 e. The summed E-state index contributed by atoms with van der Waals surface area (Å²) in [5, 5.41) is 20.8. The van der Waals surface area contributed by atoms with Gasteiger partial charge in [0.2, 0.25) is 0 Å². The van der Waals surface area contributed by atoms with Crippen LogP contribution in [0.25, 0.3) is 0 Å². The molecule has 0 bridgehead atoms. The third kappa shape index (κ3) is 3.26. The second kappa shape index (κ2) is 6.19. The van der Waals surface area contributed by atoms with Crippen molar-refractivity contribution < 1.29 is 14.8 Å². The van der Waals surface area contributed by atoms with Gasteiger partial charge in [-0.25, -0.2) is 0 Å². The van der Waals surface area contributed by atoms with Crippen molar-refractivity contribution in [2.75, 3.05) is 24.6 Å². The summed E-state index contributed by atoms with van der Waals surface area (Å²) in [5.74, 6) is 0. The van der Waals surface area contributed by atoms with Gasteiger partial charge in [0.1, 0.15) is 5.69 Å². The minimum atomic E-state index is -0.714. The van der Waals surface area contributed by atoms with Gasteiger partial charge in [-0.2, -0.15) is 0 Å². The van der Waals surface area contributed by atoms with Gasteiger partial charge in [0, 0.05) is 25.8 Å². The van der Waals surface area contributed by atoms with E-state index in [1.54, 1.807) is 19.1 Å². The molecule has 2 atom stereocenters.